The highest BCUT2D eigenvalue weighted by Crippen LogP contribution is 2.26. The Labute approximate surface area is 179 Å². The molecule has 156 valence electrons. The number of hydrogen-bond donors (Lipinski definition) is 1. The third-order valence-corrected chi connectivity index (χ3v) is 4.31. The van der Waals surface area contributed by atoms with Crippen LogP contribution in [-0.2, 0) is 9.53 Å². The average Bonchev–Trinajstić information content (AvgIpc) is 3.26. The molecule has 0 radical (unpaired) electrons. The number of anilines is 1. The van der Waals surface area contributed by atoms with Gasteiger partial charge in [0.05, 0.1) is 25.0 Å². The van der Waals surface area contributed by atoms with E-state index in [-0.39, 0.29) is 5.57 Å². The number of carbonyl (C=O) groups is 2. The van der Waals surface area contributed by atoms with Crippen LogP contribution in [-0.4, -0.2) is 25.6 Å². The Balaban J connectivity index is 1.77. The molecule has 1 heterocycles. The molecule has 0 spiro atoms. The number of nitrogens with one attached hydrogen (secondary N) is 1. The normalized spacial score (nSPS) is 10.8. The van der Waals surface area contributed by atoms with Gasteiger partial charge in [-0.25, -0.2) is 4.79 Å². The lowest BCUT2D eigenvalue weighted by Gasteiger charge is -2.08. The van der Waals surface area contributed by atoms with Gasteiger partial charge >= 0.3 is 5.97 Å². The van der Waals surface area contributed by atoms with Crippen LogP contribution < -0.4 is 10.1 Å². The van der Waals surface area contributed by atoms with Crippen LogP contribution in [0.1, 0.15) is 23.0 Å². The molecule has 0 atom stereocenters. The molecular weight excluding hydrogens is 396 g/mol. The quantitative estimate of drug-likeness (QED) is 0.341. The van der Waals surface area contributed by atoms with Crippen LogP contribution in [0.15, 0.2) is 70.7 Å². The van der Waals surface area contributed by atoms with E-state index in [0.717, 1.165) is 5.56 Å². The number of benzene rings is 2. The van der Waals surface area contributed by atoms with Crippen molar-refractivity contribution in [3.8, 4) is 23.1 Å². The zero-order valence-corrected chi connectivity index (χ0v) is 17.0. The summed E-state index contributed by atoms with van der Waals surface area (Å²) in [7, 11) is 1.50. The Morgan fingerprint density at radius 2 is 1.84 bits per heavy atom. The number of furan rings is 1. The predicted molar refractivity (Wildman–Crippen MR) is 115 cm³/mol. The van der Waals surface area contributed by atoms with Crippen molar-refractivity contribution >= 4 is 23.6 Å². The molecular formula is C24H20N2O5. The van der Waals surface area contributed by atoms with Gasteiger partial charge in [0.2, 0.25) is 0 Å². The first kappa shape index (κ1) is 21.4. The number of esters is 1. The number of methoxy groups -OCH3 is 1. The standard InChI is InChI=1S/C24H20N2O5/c1-3-30-24(28)17-10-8-16(9-11-17)21-13-12-19(31-21)14-18(15-25)23(27)26-20-6-4-5-7-22(20)29-2/h4-14H,3H2,1-2H3,(H,26,27)/b18-14-. The number of nitrogens with zero attached hydrogens (tertiary/aromatic N) is 1. The van der Waals surface area contributed by atoms with Gasteiger partial charge in [-0.05, 0) is 43.3 Å². The maximum Gasteiger partial charge on any atom is 0.338 e. The van der Waals surface area contributed by atoms with Gasteiger partial charge in [0.25, 0.3) is 5.91 Å². The highest BCUT2D eigenvalue weighted by Gasteiger charge is 2.14. The summed E-state index contributed by atoms with van der Waals surface area (Å²) < 4.78 is 15.9. The largest absolute Gasteiger partial charge is 0.495 e. The third kappa shape index (κ3) is 5.19. The molecule has 7 heteroatoms. The van der Waals surface area contributed by atoms with Crippen molar-refractivity contribution in [3.63, 3.8) is 0 Å². The van der Waals surface area contributed by atoms with E-state index in [9.17, 15) is 14.9 Å². The molecule has 1 aromatic heterocycles. The molecule has 0 bridgehead atoms. The molecule has 0 aliphatic heterocycles. The molecule has 0 aliphatic carbocycles. The van der Waals surface area contributed by atoms with Crippen molar-refractivity contribution in [1.82, 2.24) is 0 Å². The van der Waals surface area contributed by atoms with Crippen molar-refractivity contribution in [1.29, 1.82) is 5.26 Å². The molecule has 3 rings (SSSR count). The zero-order chi connectivity index (χ0) is 22.2. The number of para-hydroxylation sites is 2. The van der Waals surface area contributed by atoms with Crippen molar-refractivity contribution in [3.05, 3.63) is 77.6 Å². The lowest BCUT2D eigenvalue weighted by atomic mass is 10.1. The molecule has 0 fully saturated rings. The number of hydrogen-bond acceptors (Lipinski definition) is 6. The molecule has 0 aliphatic rings. The summed E-state index contributed by atoms with van der Waals surface area (Å²) in [5.41, 5.74) is 1.52. The third-order valence-electron chi connectivity index (χ3n) is 4.31. The Kier molecular flexibility index (Phi) is 6.86. The fraction of sp³-hybridized carbons (Fsp3) is 0.125. The van der Waals surface area contributed by atoms with Crippen LogP contribution in [0.4, 0.5) is 5.69 Å². The van der Waals surface area contributed by atoms with E-state index in [1.54, 1.807) is 67.6 Å². The summed E-state index contributed by atoms with van der Waals surface area (Å²) in [5.74, 6) is 0.389. The van der Waals surface area contributed by atoms with E-state index < -0.39 is 11.9 Å². The van der Waals surface area contributed by atoms with Gasteiger partial charge < -0.3 is 19.2 Å². The highest BCUT2D eigenvalue weighted by atomic mass is 16.5. The minimum atomic E-state index is -0.580. The maximum absolute atomic E-state index is 12.5. The number of rotatable bonds is 7. The van der Waals surface area contributed by atoms with Gasteiger partial charge in [-0.2, -0.15) is 5.26 Å². The first-order valence-corrected chi connectivity index (χ1v) is 9.49. The van der Waals surface area contributed by atoms with Crippen molar-refractivity contribution in [2.75, 3.05) is 19.0 Å². The fourth-order valence-electron chi connectivity index (χ4n) is 2.80. The second-order valence-electron chi connectivity index (χ2n) is 6.32. The first-order chi connectivity index (χ1) is 15.0. The van der Waals surface area contributed by atoms with Gasteiger partial charge in [-0.15, -0.1) is 0 Å². The fourth-order valence-corrected chi connectivity index (χ4v) is 2.80. The molecule has 2 aromatic carbocycles. The molecule has 1 N–H and O–H groups in total. The van der Waals surface area contributed by atoms with E-state index in [0.29, 0.717) is 35.1 Å². The van der Waals surface area contributed by atoms with Gasteiger partial charge in [0.15, 0.2) is 0 Å². The average molecular weight is 416 g/mol. The monoisotopic (exact) mass is 416 g/mol. The maximum atomic E-state index is 12.5. The van der Waals surface area contributed by atoms with E-state index in [1.165, 1.54) is 13.2 Å². The van der Waals surface area contributed by atoms with Gasteiger partial charge in [-0.3, -0.25) is 4.79 Å². The molecule has 0 saturated carbocycles. The van der Waals surface area contributed by atoms with Crippen LogP contribution in [0, 0.1) is 11.3 Å². The molecule has 31 heavy (non-hydrogen) atoms. The van der Waals surface area contributed by atoms with E-state index in [1.807, 2.05) is 6.07 Å². The van der Waals surface area contributed by atoms with Crippen molar-refractivity contribution in [2.24, 2.45) is 0 Å². The van der Waals surface area contributed by atoms with E-state index in [4.69, 9.17) is 13.9 Å². The predicted octanol–water partition coefficient (Wildman–Crippen LogP) is 4.68. The van der Waals surface area contributed by atoms with Crippen LogP contribution in [0.3, 0.4) is 0 Å². The van der Waals surface area contributed by atoms with E-state index >= 15 is 0 Å². The van der Waals surface area contributed by atoms with Gasteiger partial charge in [0.1, 0.15) is 28.9 Å². The minimum absolute atomic E-state index is 0.121. The number of carbonyl (C=O) groups excluding carboxylic acids is 2. The lowest BCUT2D eigenvalue weighted by Crippen LogP contribution is -2.14. The summed E-state index contributed by atoms with van der Waals surface area (Å²) in [6.45, 7) is 2.05. The second kappa shape index (κ2) is 9.94. The Morgan fingerprint density at radius 3 is 2.52 bits per heavy atom. The van der Waals surface area contributed by atoms with Crippen molar-refractivity contribution < 1.29 is 23.5 Å². The Morgan fingerprint density at radius 1 is 1.10 bits per heavy atom. The summed E-state index contributed by atoms with van der Waals surface area (Å²) in [6, 6.07) is 18.9. The summed E-state index contributed by atoms with van der Waals surface area (Å²) in [4.78, 5) is 24.3. The highest BCUT2D eigenvalue weighted by molar-refractivity contribution is 6.10. The summed E-state index contributed by atoms with van der Waals surface area (Å²) in [6.07, 6.45) is 1.36. The summed E-state index contributed by atoms with van der Waals surface area (Å²) in [5, 5.41) is 12.1. The van der Waals surface area contributed by atoms with Gasteiger partial charge in [0, 0.05) is 11.6 Å². The molecule has 3 aromatic rings. The number of amides is 1. The number of ether oxygens (including phenoxy) is 2. The van der Waals surface area contributed by atoms with Gasteiger partial charge in [-0.1, -0.05) is 24.3 Å². The van der Waals surface area contributed by atoms with Crippen LogP contribution in [0.2, 0.25) is 0 Å². The first-order valence-electron chi connectivity index (χ1n) is 9.49. The van der Waals surface area contributed by atoms with E-state index in [2.05, 4.69) is 5.32 Å². The Hall–Kier alpha value is -4.31. The minimum Gasteiger partial charge on any atom is -0.495 e. The smallest absolute Gasteiger partial charge is 0.338 e. The Bertz CT molecular complexity index is 1150. The number of nitriles is 1. The van der Waals surface area contributed by atoms with Crippen LogP contribution >= 0.6 is 0 Å². The molecule has 0 saturated heterocycles. The molecule has 0 unspecified atom stereocenters. The van der Waals surface area contributed by atoms with Crippen molar-refractivity contribution in [2.45, 2.75) is 6.92 Å². The van der Waals surface area contributed by atoms with Crippen LogP contribution in [0.5, 0.6) is 5.75 Å². The lowest BCUT2D eigenvalue weighted by molar-refractivity contribution is -0.112. The molecule has 7 nitrogen and oxygen atoms in total. The second-order valence-corrected chi connectivity index (χ2v) is 6.32. The summed E-state index contributed by atoms with van der Waals surface area (Å²) >= 11 is 0. The zero-order valence-electron chi connectivity index (χ0n) is 17.0. The van der Waals surface area contributed by atoms with Crippen LogP contribution in [0.25, 0.3) is 17.4 Å². The molecule has 1 amide bonds. The SMILES string of the molecule is CCOC(=O)c1ccc(-c2ccc(/C=C(/C#N)C(=O)Nc3ccccc3OC)o2)cc1. The topological polar surface area (TPSA) is 102 Å².